The summed E-state index contributed by atoms with van der Waals surface area (Å²) in [4.78, 5) is 36.9. The van der Waals surface area contributed by atoms with Gasteiger partial charge in [0, 0.05) is 29.9 Å². The van der Waals surface area contributed by atoms with Crippen LogP contribution in [0.3, 0.4) is 0 Å². The van der Waals surface area contributed by atoms with Crippen molar-refractivity contribution in [3.8, 4) is 0 Å². The highest BCUT2D eigenvalue weighted by Gasteiger charge is 2.24. The van der Waals surface area contributed by atoms with Crippen molar-refractivity contribution >= 4 is 28.7 Å². The van der Waals surface area contributed by atoms with Crippen molar-refractivity contribution in [2.45, 2.75) is 31.3 Å². The number of rotatable bonds is 8. The van der Waals surface area contributed by atoms with Crippen LogP contribution in [0.1, 0.15) is 18.4 Å². The van der Waals surface area contributed by atoms with E-state index in [0.29, 0.717) is 0 Å². The van der Waals surface area contributed by atoms with Gasteiger partial charge in [-0.1, -0.05) is 18.2 Å². The van der Waals surface area contributed by atoms with Crippen LogP contribution in [0.2, 0.25) is 0 Å². The summed E-state index contributed by atoms with van der Waals surface area (Å²) in [5.41, 5.74) is 7.24. The van der Waals surface area contributed by atoms with E-state index in [-0.39, 0.29) is 19.3 Å². The topological polar surface area (TPSA) is 146 Å². The zero-order chi connectivity index (χ0) is 17.7. The van der Waals surface area contributed by atoms with E-state index in [1.165, 1.54) is 0 Å². The van der Waals surface area contributed by atoms with E-state index < -0.39 is 29.9 Å². The highest BCUT2D eigenvalue weighted by atomic mass is 16.4. The smallest absolute Gasteiger partial charge is 0.326 e. The molecule has 0 aliphatic rings. The zero-order valence-corrected chi connectivity index (χ0v) is 12.9. The first-order valence-electron chi connectivity index (χ1n) is 7.44. The summed E-state index contributed by atoms with van der Waals surface area (Å²) in [6, 6.07) is 5.23. The Morgan fingerprint density at radius 1 is 1.21 bits per heavy atom. The number of nitrogens with two attached hydrogens (primary N) is 1. The molecule has 8 heteroatoms. The third-order valence-corrected chi connectivity index (χ3v) is 3.72. The Hall–Kier alpha value is -2.87. The molecule has 24 heavy (non-hydrogen) atoms. The number of aliphatic carboxylic acids is 2. The van der Waals surface area contributed by atoms with Crippen molar-refractivity contribution in [1.82, 2.24) is 10.3 Å². The van der Waals surface area contributed by atoms with Crippen LogP contribution in [-0.4, -0.2) is 45.1 Å². The number of benzene rings is 1. The number of carboxylic acids is 2. The van der Waals surface area contributed by atoms with Gasteiger partial charge in [-0.25, -0.2) is 4.79 Å². The maximum atomic E-state index is 12.0. The second-order valence-electron chi connectivity index (χ2n) is 5.50. The predicted molar refractivity (Wildman–Crippen MR) is 86.4 cm³/mol. The van der Waals surface area contributed by atoms with E-state index in [0.717, 1.165) is 16.5 Å². The van der Waals surface area contributed by atoms with E-state index in [4.69, 9.17) is 10.8 Å². The Kier molecular flexibility index (Phi) is 5.54. The minimum absolute atomic E-state index is 0.0550. The number of hydrogen-bond acceptors (Lipinski definition) is 4. The van der Waals surface area contributed by atoms with E-state index in [1.54, 1.807) is 6.20 Å². The fraction of sp³-hybridized carbons (Fsp3) is 0.312. The van der Waals surface area contributed by atoms with Gasteiger partial charge in [-0.05, 0) is 18.1 Å². The summed E-state index contributed by atoms with van der Waals surface area (Å²) >= 11 is 0. The summed E-state index contributed by atoms with van der Waals surface area (Å²) in [6.45, 7) is 0. The fourth-order valence-corrected chi connectivity index (χ4v) is 2.41. The fourth-order valence-electron chi connectivity index (χ4n) is 2.41. The number of H-pyrrole nitrogens is 1. The summed E-state index contributed by atoms with van der Waals surface area (Å²) in [7, 11) is 0. The van der Waals surface area contributed by atoms with Crippen LogP contribution >= 0.6 is 0 Å². The Bertz CT molecular complexity index is 755. The van der Waals surface area contributed by atoms with Gasteiger partial charge in [0.05, 0.1) is 6.04 Å². The van der Waals surface area contributed by atoms with Crippen molar-refractivity contribution in [2.24, 2.45) is 5.73 Å². The Labute approximate surface area is 137 Å². The Balaban J connectivity index is 2.05. The quantitative estimate of drug-likeness (QED) is 0.475. The van der Waals surface area contributed by atoms with Crippen LogP contribution in [0.4, 0.5) is 0 Å². The standard InChI is InChI=1S/C16H19N3O5/c17-11(5-6-14(20)21)15(22)19-13(16(23)24)7-9-8-18-12-4-2-1-3-10(9)12/h1-4,8,11,13,18H,5-7,17H2,(H,19,22)(H,20,21)(H,23,24)/t11?,13-/m0/s1. The van der Waals surface area contributed by atoms with Crippen molar-refractivity contribution in [3.63, 3.8) is 0 Å². The first-order valence-corrected chi connectivity index (χ1v) is 7.44. The van der Waals surface area contributed by atoms with E-state index in [1.807, 2.05) is 24.3 Å². The van der Waals surface area contributed by atoms with Gasteiger partial charge < -0.3 is 26.2 Å². The van der Waals surface area contributed by atoms with Crippen molar-refractivity contribution < 1.29 is 24.6 Å². The van der Waals surface area contributed by atoms with Crippen LogP contribution in [-0.2, 0) is 20.8 Å². The van der Waals surface area contributed by atoms with Crippen LogP contribution < -0.4 is 11.1 Å². The number of carboxylic acid groups (broad SMARTS) is 2. The number of aromatic nitrogens is 1. The van der Waals surface area contributed by atoms with Gasteiger partial charge in [0.1, 0.15) is 6.04 Å². The van der Waals surface area contributed by atoms with Crippen LogP contribution in [0.15, 0.2) is 30.5 Å². The van der Waals surface area contributed by atoms with E-state index >= 15 is 0 Å². The first-order chi connectivity index (χ1) is 11.4. The van der Waals surface area contributed by atoms with Gasteiger partial charge in [-0.3, -0.25) is 9.59 Å². The maximum Gasteiger partial charge on any atom is 0.326 e. The van der Waals surface area contributed by atoms with Gasteiger partial charge in [-0.15, -0.1) is 0 Å². The summed E-state index contributed by atoms with van der Waals surface area (Å²) < 4.78 is 0. The molecule has 0 aliphatic heterocycles. The third kappa shape index (κ3) is 4.32. The molecule has 0 fully saturated rings. The van der Waals surface area contributed by atoms with Gasteiger partial charge in [0.2, 0.25) is 5.91 Å². The molecule has 0 spiro atoms. The van der Waals surface area contributed by atoms with Gasteiger partial charge in [0.15, 0.2) is 0 Å². The summed E-state index contributed by atoms with van der Waals surface area (Å²) in [5.74, 6) is -2.92. The van der Waals surface area contributed by atoms with Crippen LogP contribution in [0.25, 0.3) is 10.9 Å². The molecule has 6 N–H and O–H groups in total. The molecule has 1 aromatic heterocycles. The molecular formula is C16H19N3O5. The summed E-state index contributed by atoms with van der Waals surface area (Å²) in [5, 5.41) is 21.2. The molecular weight excluding hydrogens is 314 g/mol. The number of carbonyl (C=O) groups is 3. The molecule has 0 aliphatic carbocycles. The first kappa shape index (κ1) is 17.5. The molecule has 0 saturated carbocycles. The molecule has 1 heterocycles. The lowest BCUT2D eigenvalue weighted by atomic mass is 10.0. The van der Waals surface area contributed by atoms with Crippen LogP contribution in [0.5, 0.6) is 0 Å². The second kappa shape index (κ2) is 7.60. The number of fused-ring (bicyclic) bond motifs is 1. The number of aromatic amines is 1. The van der Waals surface area contributed by atoms with Crippen LogP contribution in [0, 0.1) is 0 Å². The third-order valence-electron chi connectivity index (χ3n) is 3.72. The Morgan fingerprint density at radius 3 is 2.58 bits per heavy atom. The largest absolute Gasteiger partial charge is 0.481 e. The molecule has 0 radical (unpaired) electrons. The van der Waals surface area contributed by atoms with Crippen molar-refractivity contribution in [1.29, 1.82) is 0 Å². The Morgan fingerprint density at radius 2 is 1.92 bits per heavy atom. The molecule has 8 nitrogen and oxygen atoms in total. The number of nitrogens with one attached hydrogen (secondary N) is 2. The minimum atomic E-state index is -1.18. The summed E-state index contributed by atoms with van der Waals surface area (Å²) in [6.07, 6.45) is 1.49. The number of carbonyl (C=O) groups excluding carboxylic acids is 1. The molecule has 2 aromatic rings. The average molecular weight is 333 g/mol. The van der Waals surface area contributed by atoms with Gasteiger partial charge in [0.25, 0.3) is 0 Å². The lowest BCUT2D eigenvalue weighted by Gasteiger charge is -2.17. The average Bonchev–Trinajstić information content (AvgIpc) is 2.94. The monoisotopic (exact) mass is 333 g/mol. The van der Waals surface area contributed by atoms with Gasteiger partial charge >= 0.3 is 11.9 Å². The maximum absolute atomic E-state index is 12.0. The van der Waals surface area contributed by atoms with Crippen molar-refractivity contribution in [2.75, 3.05) is 0 Å². The zero-order valence-electron chi connectivity index (χ0n) is 12.9. The number of hydrogen-bond donors (Lipinski definition) is 5. The molecule has 0 saturated heterocycles. The van der Waals surface area contributed by atoms with Gasteiger partial charge in [-0.2, -0.15) is 0 Å². The molecule has 1 unspecified atom stereocenters. The SMILES string of the molecule is NC(CCC(=O)O)C(=O)N[C@@H](Cc1c[nH]c2ccccc12)C(=O)O. The second-order valence-corrected chi connectivity index (χ2v) is 5.50. The van der Waals surface area contributed by atoms with E-state index in [9.17, 15) is 19.5 Å². The van der Waals surface area contributed by atoms with E-state index in [2.05, 4.69) is 10.3 Å². The molecule has 1 amide bonds. The molecule has 1 aromatic carbocycles. The molecule has 128 valence electrons. The normalized spacial score (nSPS) is 13.4. The molecule has 2 rings (SSSR count). The molecule has 0 bridgehead atoms. The predicted octanol–water partition coefficient (Wildman–Crippen LogP) is 0.472. The highest BCUT2D eigenvalue weighted by molar-refractivity contribution is 5.88. The number of amides is 1. The van der Waals surface area contributed by atoms with Crippen molar-refractivity contribution in [3.05, 3.63) is 36.0 Å². The highest BCUT2D eigenvalue weighted by Crippen LogP contribution is 2.19. The number of para-hydroxylation sites is 1. The molecule has 2 atom stereocenters. The lowest BCUT2D eigenvalue weighted by Crippen LogP contribution is -2.49. The lowest BCUT2D eigenvalue weighted by molar-refractivity contribution is -0.142. The minimum Gasteiger partial charge on any atom is -0.481 e.